The Morgan fingerprint density at radius 1 is 0.652 bits per heavy atom. The van der Waals surface area contributed by atoms with Gasteiger partial charge in [-0.25, -0.2) is 9.59 Å². The molecule has 4 aromatic rings. The van der Waals surface area contributed by atoms with Crippen LogP contribution in [0.15, 0.2) is 80.1 Å². The maximum Gasteiger partial charge on any atom is 0.330 e. The van der Waals surface area contributed by atoms with E-state index >= 15 is 0 Å². The van der Waals surface area contributed by atoms with Gasteiger partial charge in [0.15, 0.2) is 0 Å². The predicted molar refractivity (Wildman–Crippen MR) is 173 cm³/mol. The van der Waals surface area contributed by atoms with Crippen molar-refractivity contribution in [3.63, 3.8) is 0 Å². The van der Waals surface area contributed by atoms with E-state index in [0.29, 0.717) is 29.5 Å². The fourth-order valence-corrected chi connectivity index (χ4v) is 4.78. The smallest absolute Gasteiger partial charge is 0.330 e. The van der Waals surface area contributed by atoms with E-state index in [9.17, 15) is 28.8 Å². The van der Waals surface area contributed by atoms with Gasteiger partial charge in [0.25, 0.3) is 11.1 Å². The summed E-state index contributed by atoms with van der Waals surface area (Å²) in [6.45, 7) is 1.81. The van der Waals surface area contributed by atoms with E-state index in [-0.39, 0.29) is 34.4 Å². The highest BCUT2D eigenvalue weighted by Crippen LogP contribution is 2.18. The molecule has 2 atom stereocenters. The van der Waals surface area contributed by atoms with Crippen molar-refractivity contribution in [2.45, 2.75) is 25.8 Å². The van der Waals surface area contributed by atoms with Gasteiger partial charge in [-0.2, -0.15) is 0 Å². The standard InChI is InChI=1S/C17H20N2O4.C16H19N3O4/c1-11(16(21)23-4)9-12-5-7-13(8-6-12)14-10-18(2)17(22)19(3)15(14)20;1-18-9-12(14(20)19(2)16(18)22)11-6-4-10(5-7-11)8-13(17)15(21)23-3/h5-8,10-11H,9H2,1-4H3;4-7,9,13H,8,17H2,1-3H3. The number of aromatic nitrogens is 4. The molecular formula is C33H39N5O8. The van der Waals surface area contributed by atoms with Gasteiger partial charge in [-0.05, 0) is 35.1 Å². The van der Waals surface area contributed by atoms with Gasteiger partial charge in [0.2, 0.25) is 0 Å². The van der Waals surface area contributed by atoms with Gasteiger partial charge in [-0.1, -0.05) is 55.5 Å². The summed E-state index contributed by atoms with van der Waals surface area (Å²) in [5.41, 5.74) is 8.45. The van der Waals surface area contributed by atoms with Gasteiger partial charge in [0.05, 0.1) is 31.3 Å². The lowest BCUT2D eigenvalue weighted by Gasteiger charge is -2.10. The molecule has 2 N–H and O–H groups in total. The van der Waals surface area contributed by atoms with E-state index in [1.54, 1.807) is 38.4 Å². The van der Waals surface area contributed by atoms with Crippen LogP contribution in [0.4, 0.5) is 0 Å². The topological polar surface area (TPSA) is 167 Å². The second-order valence-corrected chi connectivity index (χ2v) is 11.0. The van der Waals surface area contributed by atoms with Crippen LogP contribution in [-0.2, 0) is 60.1 Å². The number of aryl methyl sites for hydroxylation is 2. The molecule has 244 valence electrons. The summed E-state index contributed by atoms with van der Waals surface area (Å²) >= 11 is 0. The SMILES string of the molecule is COC(=O)C(C)Cc1ccc(-c2cn(C)c(=O)n(C)c2=O)cc1.COC(=O)C(N)Cc1ccc(-c2cn(C)c(=O)n(C)c2=O)cc1. The van der Waals surface area contributed by atoms with Crippen molar-refractivity contribution >= 4 is 11.9 Å². The van der Waals surface area contributed by atoms with Crippen LogP contribution >= 0.6 is 0 Å². The Morgan fingerprint density at radius 3 is 1.39 bits per heavy atom. The number of rotatable bonds is 8. The Labute approximate surface area is 265 Å². The number of esters is 2. The minimum atomic E-state index is -0.726. The van der Waals surface area contributed by atoms with Crippen LogP contribution < -0.4 is 28.2 Å². The molecule has 0 spiro atoms. The van der Waals surface area contributed by atoms with Crippen LogP contribution in [-0.4, -0.2) is 50.5 Å². The van der Waals surface area contributed by atoms with E-state index in [2.05, 4.69) is 4.74 Å². The van der Waals surface area contributed by atoms with Crippen molar-refractivity contribution in [2.24, 2.45) is 39.8 Å². The molecule has 13 heteroatoms. The molecule has 0 saturated heterocycles. The third kappa shape index (κ3) is 8.04. The van der Waals surface area contributed by atoms with Gasteiger partial charge in [-0.15, -0.1) is 0 Å². The third-order valence-corrected chi connectivity index (χ3v) is 7.53. The lowest BCUT2D eigenvalue weighted by atomic mass is 9.99. The van der Waals surface area contributed by atoms with Gasteiger partial charge >= 0.3 is 23.3 Å². The highest BCUT2D eigenvalue weighted by Gasteiger charge is 2.16. The van der Waals surface area contributed by atoms with E-state index in [1.807, 2.05) is 31.2 Å². The first kappa shape index (κ1) is 35.2. The van der Waals surface area contributed by atoms with Gasteiger partial charge in [0.1, 0.15) is 6.04 Å². The zero-order valence-electron chi connectivity index (χ0n) is 27.0. The molecule has 2 aromatic heterocycles. The zero-order chi connectivity index (χ0) is 34.3. The van der Waals surface area contributed by atoms with Crippen molar-refractivity contribution in [1.29, 1.82) is 0 Å². The van der Waals surface area contributed by atoms with E-state index in [4.69, 9.17) is 10.5 Å². The minimum absolute atomic E-state index is 0.226. The molecule has 0 radical (unpaired) electrons. The number of nitrogens with zero attached hydrogens (tertiary/aromatic N) is 4. The number of nitrogens with two attached hydrogens (primary N) is 1. The van der Waals surface area contributed by atoms with Gasteiger partial charge in [-0.3, -0.25) is 28.3 Å². The molecule has 0 aliphatic heterocycles. The Balaban J connectivity index is 0.000000250. The molecule has 0 aliphatic carbocycles. The quantitative estimate of drug-likeness (QED) is 0.277. The summed E-state index contributed by atoms with van der Waals surface area (Å²) in [6, 6.07) is 13.8. The molecule has 2 unspecified atom stereocenters. The number of hydrogen-bond donors (Lipinski definition) is 1. The van der Waals surface area contributed by atoms with Gasteiger partial charge < -0.3 is 24.3 Å². The molecule has 0 saturated carbocycles. The Kier molecular flexibility index (Phi) is 11.6. The molecular weight excluding hydrogens is 594 g/mol. The average Bonchev–Trinajstić information content (AvgIpc) is 3.06. The normalized spacial score (nSPS) is 12.0. The van der Waals surface area contributed by atoms with Crippen LogP contribution in [0.1, 0.15) is 18.1 Å². The van der Waals surface area contributed by atoms with Crippen LogP contribution in [0.3, 0.4) is 0 Å². The van der Waals surface area contributed by atoms with E-state index < -0.39 is 12.0 Å². The third-order valence-electron chi connectivity index (χ3n) is 7.53. The lowest BCUT2D eigenvalue weighted by Crippen LogP contribution is -2.37. The molecule has 0 amide bonds. The number of methoxy groups -OCH3 is 2. The fraction of sp³-hybridized carbons (Fsp3) is 0.333. The number of benzene rings is 2. The summed E-state index contributed by atoms with van der Waals surface area (Å²) in [4.78, 5) is 70.6. The highest BCUT2D eigenvalue weighted by atomic mass is 16.5. The lowest BCUT2D eigenvalue weighted by molar-refractivity contribution is -0.145. The molecule has 0 aliphatic rings. The predicted octanol–water partition coefficient (Wildman–Crippen LogP) is 0.896. The second-order valence-electron chi connectivity index (χ2n) is 11.0. The second kappa shape index (κ2) is 15.1. The zero-order valence-corrected chi connectivity index (χ0v) is 27.0. The van der Waals surface area contributed by atoms with Crippen molar-refractivity contribution < 1.29 is 19.1 Å². The molecule has 0 bridgehead atoms. The highest BCUT2D eigenvalue weighted by molar-refractivity contribution is 5.75. The molecule has 13 nitrogen and oxygen atoms in total. The van der Waals surface area contributed by atoms with E-state index in [0.717, 1.165) is 25.8 Å². The van der Waals surface area contributed by atoms with Crippen LogP contribution in [0, 0.1) is 5.92 Å². The summed E-state index contributed by atoms with van der Waals surface area (Å²) in [7, 11) is 8.77. The summed E-state index contributed by atoms with van der Waals surface area (Å²) in [5.74, 6) is -0.946. The molecule has 2 aromatic carbocycles. The van der Waals surface area contributed by atoms with Crippen molar-refractivity contribution in [3.05, 3.63) is 114 Å². The Hall–Kier alpha value is -5.30. The monoisotopic (exact) mass is 633 g/mol. The summed E-state index contributed by atoms with van der Waals surface area (Å²) in [5, 5.41) is 0. The number of carbonyl (C=O) groups is 2. The fourth-order valence-electron chi connectivity index (χ4n) is 4.78. The van der Waals surface area contributed by atoms with E-state index in [1.165, 1.54) is 49.8 Å². The first-order valence-corrected chi connectivity index (χ1v) is 14.3. The Morgan fingerprint density at radius 2 is 1.02 bits per heavy atom. The van der Waals surface area contributed by atoms with Gasteiger partial charge in [0, 0.05) is 40.6 Å². The molecule has 46 heavy (non-hydrogen) atoms. The van der Waals surface area contributed by atoms with Crippen LogP contribution in [0.25, 0.3) is 22.3 Å². The number of ether oxygens (including phenoxy) is 2. The number of hydrogen-bond acceptors (Lipinski definition) is 9. The summed E-state index contributed by atoms with van der Waals surface area (Å²) < 4.78 is 14.2. The summed E-state index contributed by atoms with van der Waals surface area (Å²) in [6.07, 6.45) is 3.97. The molecule has 2 heterocycles. The van der Waals surface area contributed by atoms with Crippen molar-refractivity contribution in [1.82, 2.24) is 18.3 Å². The van der Waals surface area contributed by atoms with Crippen LogP contribution in [0.5, 0.6) is 0 Å². The molecule has 4 rings (SSSR count). The largest absolute Gasteiger partial charge is 0.469 e. The maximum absolute atomic E-state index is 12.2. The maximum atomic E-state index is 12.2. The minimum Gasteiger partial charge on any atom is -0.469 e. The average molecular weight is 634 g/mol. The van der Waals surface area contributed by atoms with Crippen molar-refractivity contribution in [2.75, 3.05) is 14.2 Å². The first-order valence-electron chi connectivity index (χ1n) is 14.3. The Bertz CT molecular complexity index is 1810. The van der Waals surface area contributed by atoms with Crippen LogP contribution in [0.2, 0.25) is 0 Å². The molecule has 0 fully saturated rings. The number of carbonyl (C=O) groups excluding carboxylic acids is 2. The first-order chi connectivity index (χ1) is 21.7. The van der Waals surface area contributed by atoms with Crippen molar-refractivity contribution in [3.8, 4) is 22.3 Å².